The van der Waals surface area contributed by atoms with Crippen molar-refractivity contribution < 1.29 is 19.1 Å². The van der Waals surface area contributed by atoms with Crippen LogP contribution in [-0.2, 0) is 27.3 Å². The number of ether oxygens (including phenoxy) is 1. The molecule has 2 atom stereocenters. The summed E-state index contributed by atoms with van der Waals surface area (Å²) in [6, 6.07) is 16.0. The van der Waals surface area contributed by atoms with Crippen LogP contribution < -0.4 is 21.1 Å². The van der Waals surface area contributed by atoms with Gasteiger partial charge in [-0.15, -0.1) is 12.4 Å². The molecular weight excluding hydrogens is 492 g/mol. The number of halogens is 1. The molecule has 2 aromatic rings. The molecule has 0 radical (unpaired) electrons. The lowest BCUT2D eigenvalue weighted by Crippen LogP contribution is -2.53. The number of piperidine rings is 1. The second-order valence-electron chi connectivity index (χ2n) is 9.69. The lowest BCUT2D eigenvalue weighted by atomic mass is 9.93. The second kappa shape index (κ2) is 14.6. The SMILES string of the molecule is COc1ccc(CNC(=O)[C@@H](NC(=O)C2CCN(C(=O)[C@@H](N)Cc3ccccc3)CC2)C(C)C)cc1.Cl. The van der Waals surface area contributed by atoms with E-state index in [1.807, 2.05) is 68.4 Å². The van der Waals surface area contributed by atoms with Crippen molar-refractivity contribution in [2.24, 2.45) is 17.6 Å². The van der Waals surface area contributed by atoms with Gasteiger partial charge in [0.2, 0.25) is 17.7 Å². The van der Waals surface area contributed by atoms with Crippen molar-refractivity contribution >= 4 is 30.1 Å². The van der Waals surface area contributed by atoms with E-state index in [2.05, 4.69) is 10.6 Å². The highest BCUT2D eigenvalue weighted by Gasteiger charge is 2.32. The first kappa shape index (κ1) is 30.1. The number of amides is 3. The molecule has 37 heavy (non-hydrogen) atoms. The fraction of sp³-hybridized carbons (Fsp3) is 0.464. The van der Waals surface area contributed by atoms with Crippen LogP contribution in [0.2, 0.25) is 0 Å². The van der Waals surface area contributed by atoms with Crippen molar-refractivity contribution in [1.82, 2.24) is 15.5 Å². The Kier molecular flexibility index (Phi) is 11.9. The Hall–Kier alpha value is -3.10. The third kappa shape index (κ3) is 8.76. The maximum absolute atomic E-state index is 13.0. The smallest absolute Gasteiger partial charge is 0.243 e. The number of nitrogens with zero attached hydrogens (tertiary/aromatic N) is 1. The number of hydrogen-bond acceptors (Lipinski definition) is 5. The second-order valence-corrected chi connectivity index (χ2v) is 9.69. The van der Waals surface area contributed by atoms with Crippen LogP contribution in [0.1, 0.15) is 37.8 Å². The minimum Gasteiger partial charge on any atom is -0.497 e. The van der Waals surface area contributed by atoms with Gasteiger partial charge in [0, 0.05) is 25.6 Å². The predicted octanol–water partition coefficient (Wildman–Crippen LogP) is 2.68. The largest absolute Gasteiger partial charge is 0.497 e. The van der Waals surface area contributed by atoms with Gasteiger partial charge in [0.15, 0.2) is 0 Å². The Labute approximate surface area is 225 Å². The van der Waals surface area contributed by atoms with E-state index < -0.39 is 12.1 Å². The summed E-state index contributed by atoms with van der Waals surface area (Å²) >= 11 is 0. The number of methoxy groups -OCH3 is 1. The molecule has 0 bridgehead atoms. The Morgan fingerprint density at radius 3 is 2.19 bits per heavy atom. The molecule has 9 heteroatoms. The number of carbonyl (C=O) groups is 3. The van der Waals surface area contributed by atoms with Gasteiger partial charge in [-0.1, -0.05) is 56.3 Å². The van der Waals surface area contributed by atoms with Crippen LogP contribution >= 0.6 is 12.4 Å². The molecule has 3 rings (SSSR count). The van der Waals surface area contributed by atoms with Crippen LogP contribution in [0.15, 0.2) is 54.6 Å². The highest BCUT2D eigenvalue weighted by Crippen LogP contribution is 2.19. The summed E-state index contributed by atoms with van der Waals surface area (Å²) in [7, 11) is 1.61. The van der Waals surface area contributed by atoms with E-state index in [1.165, 1.54) is 0 Å². The van der Waals surface area contributed by atoms with Crippen LogP contribution in [-0.4, -0.2) is 54.9 Å². The number of benzene rings is 2. The van der Waals surface area contributed by atoms with Gasteiger partial charge in [-0.05, 0) is 48.4 Å². The van der Waals surface area contributed by atoms with Gasteiger partial charge in [-0.2, -0.15) is 0 Å². The van der Waals surface area contributed by atoms with Gasteiger partial charge in [0.25, 0.3) is 0 Å². The van der Waals surface area contributed by atoms with Crippen LogP contribution in [0.5, 0.6) is 5.75 Å². The number of carbonyl (C=O) groups excluding carboxylic acids is 3. The standard InChI is InChI=1S/C28H38N4O4.ClH/c1-19(2)25(27(34)30-18-21-9-11-23(36-3)12-10-21)31-26(33)22-13-15-32(16-14-22)28(35)24(29)17-20-7-5-4-6-8-20;/h4-12,19,22,24-25H,13-18,29H2,1-3H3,(H,30,34)(H,31,33);1H/t24-,25-;/m0./s1. The number of nitrogens with one attached hydrogen (secondary N) is 2. The van der Waals surface area contributed by atoms with Crippen molar-refractivity contribution in [1.29, 1.82) is 0 Å². The number of hydrogen-bond donors (Lipinski definition) is 3. The molecule has 1 saturated heterocycles. The summed E-state index contributed by atoms with van der Waals surface area (Å²) in [4.78, 5) is 40.4. The van der Waals surface area contributed by atoms with E-state index >= 15 is 0 Å². The average Bonchev–Trinajstić information content (AvgIpc) is 2.90. The molecule has 202 valence electrons. The van der Waals surface area contributed by atoms with Gasteiger partial charge >= 0.3 is 0 Å². The minimum atomic E-state index is -0.630. The monoisotopic (exact) mass is 530 g/mol. The Bertz CT molecular complexity index is 1010. The van der Waals surface area contributed by atoms with Crippen molar-refractivity contribution in [3.05, 3.63) is 65.7 Å². The minimum absolute atomic E-state index is 0. The summed E-state index contributed by atoms with van der Waals surface area (Å²) in [5, 5.41) is 5.86. The molecule has 0 unspecified atom stereocenters. The molecule has 1 aliphatic heterocycles. The lowest BCUT2D eigenvalue weighted by Gasteiger charge is -2.34. The van der Waals surface area contributed by atoms with Crippen molar-refractivity contribution in [3.8, 4) is 5.75 Å². The van der Waals surface area contributed by atoms with E-state index in [0.717, 1.165) is 16.9 Å². The number of nitrogens with two attached hydrogens (primary N) is 1. The summed E-state index contributed by atoms with van der Waals surface area (Å²) in [5.41, 5.74) is 8.14. The van der Waals surface area contributed by atoms with Crippen molar-refractivity contribution in [2.45, 2.75) is 51.7 Å². The van der Waals surface area contributed by atoms with Gasteiger partial charge in [-0.3, -0.25) is 14.4 Å². The first-order valence-electron chi connectivity index (χ1n) is 12.6. The van der Waals surface area contributed by atoms with E-state index in [0.29, 0.717) is 38.9 Å². The van der Waals surface area contributed by atoms with E-state index in [4.69, 9.17) is 10.5 Å². The normalized spacial score (nSPS) is 15.3. The quantitative estimate of drug-likeness (QED) is 0.437. The van der Waals surface area contributed by atoms with E-state index in [9.17, 15) is 14.4 Å². The molecule has 4 N–H and O–H groups in total. The fourth-order valence-electron chi connectivity index (χ4n) is 4.40. The first-order valence-corrected chi connectivity index (χ1v) is 12.6. The third-order valence-corrected chi connectivity index (χ3v) is 6.67. The zero-order chi connectivity index (χ0) is 26.1. The first-order chi connectivity index (χ1) is 17.3. The maximum atomic E-state index is 13.0. The van der Waals surface area contributed by atoms with Crippen LogP contribution in [0.25, 0.3) is 0 Å². The molecule has 3 amide bonds. The summed E-state index contributed by atoms with van der Waals surface area (Å²) < 4.78 is 5.16. The van der Waals surface area contributed by atoms with Crippen molar-refractivity contribution in [2.75, 3.05) is 20.2 Å². The van der Waals surface area contributed by atoms with Gasteiger partial charge in [0.05, 0.1) is 13.2 Å². The zero-order valence-electron chi connectivity index (χ0n) is 21.8. The number of likely N-dealkylation sites (tertiary alicyclic amines) is 1. The molecular formula is C28H39ClN4O4. The highest BCUT2D eigenvalue weighted by atomic mass is 35.5. The summed E-state index contributed by atoms with van der Waals surface area (Å²) in [6.07, 6.45) is 1.59. The molecule has 0 saturated carbocycles. The molecule has 0 aliphatic carbocycles. The predicted molar refractivity (Wildman–Crippen MR) is 146 cm³/mol. The zero-order valence-corrected chi connectivity index (χ0v) is 22.6. The Balaban J connectivity index is 0.00000481. The third-order valence-electron chi connectivity index (χ3n) is 6.67. The van der Waals surface area contributed by atoms with Crippen molar-refractivity contribution in [3.63, 3.8) is 0 Å². The number of rotatable bonds is 10. The van der Waals surface area contributed by atoms with E-state index in [-0.39, 0.29) is 42.0 Å². The lowest BCUT2D eigenvalue weighted by molar-refractivity contribution is -0.137. The molecule has 8 nitrogen and oxygen atoms in total. The molecule has 0 spiro atoms. The van der Waals surface area contributed by atoms with Gasteiger partial charge < -0.3 is 26.0 Å². The van der Waals surface area contributed by atoms with Crippen LogP contribution in [0.4, 0.5) is 0 Å². The molecule has 1 aliphatic rings. The van der Waals surface area contributed by atoms with Crippen LogP contribution in [0, 0.1) is 11.8 Å². The van der Waals surface area contributed by atoms with Gasteiger partial charge in [-0.25, -0.2) is 0 Å². The average molecular weight is 531 g/mol. The summed E-state index contributed by atoms with van der Waals surface area (Å²) in [5.74, 6) is -0.000784. The Morgan fingerprint density at radius 2 is 1.62 bits per heavy atom. The topological polar surface area (TPSA) is 114 Å². The molecule has 2 aromatic carbocycles. The maximum Gasteiger partial charge on any atom is 0.243 e. The molecule has 0 aromatic heterocycles. The molecule has 1 fully saturated rings. The van der Waals surface area contributed by atoms with Crippen LogP contribution in [0.3, 0.4) is 0 Å². The Morgan fingerprint density at radius 1 is 1.00 bits per heavy atom. The van der Waals surface area contributed by atoms with Gasteiger partial charge in [0.1, 0.15) is 11.8 Å². The summed E-state index contributed by atoms with van der Waals surface area (Å²) in [6.45, 7) is 5.15. The molecule has 1 heterocycles. The highest BCUT2D eigenvalue weighted by molar-refractivity contribution is 5.89. The fourth-order valence-corrected chi connectivity index (χ4v) is 4.40. The van der Waals surface area contributed by atoms with E-state index in [1.54, 1.807) is 12.0 Å².